The van der Waals surface area contributed by atoms with Crippen molar-refractivity contribution in [3.8, 4) is 0 Å². The van der Waals surface area contributed by atoms with Gasteiger partial charge < -0.3 is 10.6 Å². The summed E-state index contributed by atoms with van der Waals surface area (Å²) in [6.07, 6.45) is 3.50. The van der Waals surface area contributed by atoms with Crippen LogP contribution < -0.4 is 10.6 Å². The highest BCUT2D eigenvalue weighted by molar-refractivity contribution is 5.82. The van der Waals surface area contributed by atoms with Crippen molar-refractivity contribution < 1.29 is 9.59 Å². The standard InChI is InChI=1S/C19H26N2O2/c1-12-7-8-14-5-3-4-6-15(14)18(12)21-17(22)9-10-20-19(23)16-11-13(16)2/h3-6,12-13,16,18H,7-11H2,1-2H3,(H,20,23)(H,21,22)/t12-,13+,16-,18+/m0/s1. The number of amides is 2. The van der Waals surface area contributed by atoms with Crippen LogP contribution in [0.15, 0.2) is 24.3 Å². The molecule has 0 saturated heterocycles. The molecule has 1 saturated carbocycles. The number of rotatable bonds is 5. The summed E-state index contributed by atoms with van der Waals surface area (Å²) < 4.78 is 0. The van der Waals surface area contributed by atoms with Crippen LogP contribution in [0.25, 0.3) is 0 Å². The first-order valence-corrected chi connectivity index (χ1v) is 8.71. The Labute approximate surface area is 138 Å². The molecule has 23 heavy (non-hydrogen) atoms. The zero-order valence-electron chi connectivity index (χ0n) is 14.0. The molecule has 2 amide bonds. The highest BCUT2D eigenvalue weighted by atomic mass is 16.2. The third-order valence-electron chi connectivity index (χ3n) is 5.24. The number of carbonyl (C=O) groups excluding carboxylic acids is 2. The van der Waals surface area contributed by atoms with Gasteiger partial charge in [0, 0.05) is 18.9 Å². The van der Waals surface area contributed by atoms with E-state index in [4.69, 9.17) is 0 Å². The summed E-state index contributed by atoms with van der Waals surface area (Å²) in [6, 6.07) is 8.45. The summed E-state index contributed by atoms with van der Waals surface area (Å²) >= 11 is 0. The lowest BCUT2D eigenvalue weighted by Gasteiger charge is -2.32. The number of aryl methyl sites for hydroxylation is 1. The second kappa shape index (κ2) is 6.73. The first-order chi connectivity index (χ1) is 11.1. The van der Waals surface area contributed by atoms with Gasteiger partial charge in [-0.25, -0.2) is 0 Å². The van der Waals surface area contributed by atoms with Gasteiger partial charge in [0.2, 0.25) is 11.8 Å². The predicted octanol–water partition coefficient (Wildman–Crippen LogP) is 2.59. The first-order valence-electron chi connectivity index (χ1n) is 8.71. The molecule has 0 unspecified atom stereocenters. The Kier molecular flexibility index (Phi) is 4.69. The number of nitrogens with one attached hydrogen (secondary N) is 2. The Morgan fingerprint density at radius 1 is 1.17 bits per heavy atom. The summed E-state index contributed by atoms with van der Waals surface area (Å²) in [5, 5.41) is 6.04. The van der Waals surface area contributed by atoms with Crippen LogP contribution in [0.2, 0.25) is 0 Å². The quantitative estimate of drug-likeness (QED) is 0.877. The van der Waals surface area contributed by atoms with E-state index in [1.54, 1.807) is 0 Å². The number of hydrogen-bond donors (Lipinski definition) is 2. The zero-order valence-corrected chi connectivity index (χ0v) is 14.0. The monoisotopic (exact) mass is 314 g/mol. The number of hydrogen-bond acceptors (Lipinski definition) is 2. The average Bonchev–Trinajstić information content (AvgIpc) is 3.27. The van der Waals surface area contributed by atoms with E-state index in [-0.39, 0.29) is 23.8 Å². The van der Waals surface area contributed by atoms with E-state index in [2.05, 4.69) is 42.7 Å². The minimum Gasteiger partial charge on any atom is -0.355 e. The molecule has 2 aliphatic rings. The number of carbonyl (C=O) groups is 2. The van der Waals surface area contributed by atoms with Crippen molar-refractivity contribution in [1.29, 1.82) is 0 Å². The Hall–Kier alpha value is -1.84. The fourth-order valence-electron chi connectivity index (χ4n) is 3.51. The molecule has 0 radical (unpaired) electrons. The second-order valence-corrected chi connectivity index (χ2v) is 7.12. The van der Waals surface area contributed by atoms with Gasteiger partial charge in [-0.2, -0.15) is 0 Å². The van der Waals surface area contributed by atoms with Crippen LogP contribution in [-0.2, 0) is 16.0 Å². The molecule has 0 aliphatic heterocycles. The molecule has 4 nitrogen and oxygen atoms in total. The lowest BCUT2D eigenvalue weighted by molar-refractivity contribution is -0.123. The molecule has 2 aliphatic carbocycles. The van der Waals surface area contributed by atoms with Crippen molar-refractivity contribution in [2.24, 2.45) is 17.8 Å². The molecule has 2 N–H and O–H groups in total. The highest BCUT2D eigenvalue weighted by Gasteiger charge is 2.38. The van der Waals surface area contributed by atoms with Crippen LogP contribution in [0.3, 0.4) is 0 Å². The largest absolute Gasteiger partial charge is 0.355 e. The minimum absolute atomic E-state index is 0.0164. The van der Waals surface area contributed by atoms with Crippen LogP contribution in [-0.4, -0.2) is 18.4 Å². The molecule has 3 rings (SSSR count). The van der Waals surface area contributed by atoms with Gasteiger partial charge in [0.25, 0.3) is 0 Å². The summed E-state index contributed by atoms with van der Waals surface area (Å²) in [4.78, 5) is 24.0. The summed E-state index contributed by atoms with van der Waals surface area (Å²) in [6.45, 7) is 4.70. The van der Waals surface area contributed by atoms with Gasteiger partial charge in [-0.05, 0) is 42.2 Å². The molecule has 0 heterocycles. The van der Waals surface area contributed by atoms with E-state index >= 15 is 0 Å². The Morgan fingerprint density at radius 3 is 2.65 bits per heavy atom. The van der Waals surface area contributed by atoms with Crippen molar-refractivity contribution in [1.82, 2.24) is 10.6 Å². The Morgan fingerprint density at radius 2 is 1.91 bits per heavy atom. The van der Waals surface area contributed by atoms with E-state index < -0.39 is 0 Å². The molecule has 124 valence electrons. The van der Waals surface area contributed by atoms with Gasteiger partial charge in [-0.1, -0.05) is 38.1 Å². The summed E-state index contributed by atoms with van der Waals surface area (Å²) in [7, 11) is 0. The lowest BCUT2D eigenvalue weighted by Crippen LogP contribution is -2.37. The van der Waals surface area contributed by atoms with E-state index in [0.29, 0.717) is 24.8 Å². The maximum atomic E-state index is 12.2. The predicted molar refractivity (Wildman–Crippen MR) is 89.7 cm³/mol. The van der Waals surface area contributed by atoms with Crippen molar-refractivity contribution in [2.75, 3.05) is 6.54 Å². The molecular formula is C19H26N2O2. The molecule has 1 fully saturated rings. The highest BCUT2D eigenvalue weighted by Crippen LogP contribution is 2.37. The van der Waals surface area contributed by atoms with Crippen molar-refractivity contribution in [3.05, 3.63) is 35.4 Å². The molecule has 4 heteroatoms. The van der Waals surface area contributed by atoms with Crippen LogP contribution in [0.1, 0.15) is 50.3 Å². The fourth-order valence-corrected chi connectivity index (χ4v) is 3.51. The van der Waals surface area contributed by atoms with Crippen LogP contribution in [0.5, 0.6) is 0 Å². The number of fused-ring (bicyclic) bond motifs is 1. The van der Waals surface area contributed by atoms with Gasteiger partial charge in [-0.15, -0.1) is 0 Å². The van der Waals surface area contributed by atoms with Crippen molar-refractivity contribution in [3.63, 3.8) is 0 Å². The smallest absolute Gasteiger partial charge is 0.223 e. The molecular weight excluding hydrogens is 288 g/mol. The molecule has 1 aromatic rings. The van der Waals surface area contributed by atoms with Crippen LogP contribution in [0.4, 0.5) is 0 Å². The van der Waals surface area contributed by atoms with Gasteiger partial charge in [-0.3, -0.25) is 9.59 Å². The fraction of sp³-hybridized carbons (Fsp3) is 0.579. The van der Waals surface area contributed by atoms with Gasteiger partial charge in [0.15, 0.2) is 0 Å². The summed E-state index contributed by atoms with van der Waals surface area (Å²) in [5.74, 6) is 1.23. The van der Waals surface area contributed by atoms with Crippen LogP contribution >= 0.6 is 0 Å². The maximum absolute atomic E-state index is 12.2. The zero-order chi connectivity index (χ0) is 16.4. The Balaban J connectivity index is 1.50. The maximum Gasteiger partial charge on any atom is 0.223 e. The molecule has 1 aromatic carbocycles. The molecule has 4 atom stereocenters. The van der Waals surface area contributed by atoms with E-state index in [1.807, 2.05) is 6.07 Å². The normalized spacial score (nSPS) is 28.6. The minimum atomic E-state index is 0.0164. The number of benzene rings is 1. The Bertz CT molecular complexity index is 599. The van der Waals surface area contributed by atoms with E-state index in [0.717, 1.165) is 19.3 Å². The lowest BCUT2D eigenvalue weighted by atomic mass is 9.80. The third-order valence-corrected chi connectivity index (χ3v) is 5.24. The van der Waals surface area contributed by atoms with E-state index in [1.165, 1.54) is 11.1 Å². The third kappa shape index (κ3) is 3.74. The molecule has 0 bridgehead atoms. The average molecular weight is 314 g/mol. The molecule has 0 aromatic heterocycles. The van der Waals surface area contributed by atoms with Gasteiger partial charge in [0.05, 0.1) is 6.04 Å². The van der Waals surface area contributed by atoms with Crippen molar-refractivity contribution >= 4 is 11.8 Å². The summed E-state index contributed by atoms with van der Waals surface area (Å²) in [5.41, 5.74) is 2.59. The molecule has 0 spiro atoms. The SMILES string of the molecule is C[C@@H]1C[C@@H]1C(=O)NCCC(=O)N[C@H]1c2ccccc2CC[C@@H]1C. The van der Waals surface area contributed by atoms with E-state index in [9.17, 15) is 9.59 Å². The van der Waals surface area contributed by atoms with Gasteiger partial charge >= 0.3 is 0 Å². The van der Waals surface area contributed by atoms with Crippen molar-refractivity contribution in [2.45, 2.75) is 45.6 Å². The first kappa shape index (κ1) is 16.0. The second-order valence-electron chi connectivity index (χ2n) is 7.12. The van der Waals surface area contributed by atoms with Gasteiger partial charge in [0.1, 0.15) is 0 Å². The van der Waals surface area contributed by atoms with Crippen LogP contribution in [0, 0.1) is 17.8 Å². The topological polar surface area (TPSA) is 58.2 Å².